The molecule has 4 atom stereocenters. The number of ether oxygens (including phenoxy) is 1. The number of hydrogen-bond acceptors (Lipinski definition) is 8. The molecule has 43 heavy (non-hydrogen) atoms. The largest absolute Gasteiger partial charge is 0.394 e. The van der Waals surface area contributed by atoms with Crippen molar-refractivity contribution in [2.75, 3.05) is 11.9 Å². The van der Waals surface area contributed by atoms with Crippen LogP contribution in [-0.2, 0) is 14.9 Å². The molecule has 4 N–H and O–H groups in total. The fourth-order valence-electron chi connectivity index (χ4n) is 6.17. The van der Waals surface area contributed by atoms with Crippen LogP contribution in [0.3, 0.4) is 0 Å². The Morgan fingerprint density at radius 3 is 1.98 bits per heavy atom. The summed E-state index contributed by atoms with van der Waals surface area (Å²) in [4.78, 5) is 25.7. The van der Waals surface area contributed by atoms with Crippen LogP contribution in [0.4, 0.5) is 5.95 Å². The van der Waals surface area contributed by atoms with Crippen molar-refractivity contribution in [2.45, 2.75) is 43.3 Å². The predicted octanol–water partition coefficient (Wildman–Crippen LogP) is 3.44. The molecule has 0 saturated carbocycles. The summed E-state index contributed by atoms with van der Waals surface area (Å²) >= 11 is 0. The van der Waals surface area contributed by atoms with Crippen LogP contribution in [0.25, 0.3) is 11.2 Å². The number of benzene rings is 3. The summed E-state index contributed by atoms with van der Waals surface area (Å²) in [5, 5.41) is 38.5. The van der Waals surface area contributed by atoms with E-state index >= 15 is 0 Å². The number of nitrogens with zero attached hydrogens (tertiary/aromatic N) is 4. The molecule has 1 aliphatic heterocycles. The summed E-state index contributed by atoms with van der Waals surface area (Å²) in [7, 11) is 0. The van der Waals surface area contributed by atoms with Crippen LogP contribution in [0.15, 0.2) is 104 Å². The standard InChI is InChI=1S/C33H33N5O5/c1-21(2)29(41)37-31-34-18-25-28(36-31)38(20-35-25)30-33(42,27(40)26(19-39)43-30)32(22-12-6-3-7-13-22,23-14-8-4-9-15-23)24-16-10-5-11-17-24/h3-18,20-21,26-27,30,39-40,42H,19H2,1-2H3,(H,34,36,37,41)/t26-,27-,30-,33-/m1/s1. The topological polar surface area (TPSA) is 143 Å². The molecule has 0 spiro atoms. The third kappa shape index (κ3) is 4.50. The predicted molar refractivity (Wildman–Crippen MR) is 160 cm³/mol. The summed E-state index contributed by atoms with van der Waals surface area (Å²) in [5.74, 6) is -0.489. The van der Waals surface area contributed by atoms with Gasteiger partial charge in [-0.25, -0.2) is 9.97 Å². The quantitative estimate of drug-likeness (QED) is 0.205. The Balaban J connectivity index is 1.65. The van der Waals surface area contributed by atoms with E-state index in [1.165, 1.54) is 17.1 Å². The number of anilines is 1. The van der Waals surface area contributed by atoms with Crippen LogP contribution < -0.4 is 5.32 Å². The van der Waals surface area contributed by atoms with Crippen molar-refractivity contribution >= 4 is 23.0 Å². The van der Waals surface area contributed by atoms with Gasteiger partial charge in [-0.3, -0.25) is 14.7 Å². The molecule has 1 saturated heterocycles. The molecule has 0 bridgehead atoms. The lowest BCUT2D eigenvalue weighted by atomic mass is 9.57. The number of aliphatic hydroxyl groups is 3. The molecule has 10 nitrogen and oxygen atoms in total. The van der Waals surface area contributed by atoms with E-state index in [1.54, 1.807) is 13.8 Å². The van der Waals surface area contributed by atoms with E-state index in [4.69, 9.17) is 4.74 Å². The molecule has 220 valence electrons. The van der Waals surface area contributed by atoms with Gasteiger partial charge >= 0.3 is 0 Å². The Morgan fingerprint density at radius 1 is 0.953 bits per heavy atom. The van der Waals surface area contributed by atoms with Gasteiger partial charge in [0.15, 0.2) is 17.5 Å². The van der Waals surface area contributed by atoms with Gasteiger partial charge in [-0.15, -0.1) is 0 Å². The summed E-state index contributed by atoms with van der Waals surface area (Å²) in [6.45, 7) is 2.97. The maximum Gasteiger partial charge on any atom is 0.231 e. The van der Waals surface area contributed by atoms with Crippen molar-refractivity contribution < 1.29 is 24.9 Å². The van der Waals surface area contributed by atoms with E-state index in [1.807, 2.05) is 91.0 Å². The smallest absolute Gasteiger partial charge is 0.231 e. The van der Waals surface area contributed by atoms with Gasteiger partial charge in [-0.05, 0) is 16.7 Å². The normalized spacial score (nSPS) is 22.2. The third-order valence-electron chi connectivity index (χ3n) is 8.21. The lowest BCUT2D eigenvalue weighted by molar-refractivity contribution is -0.136. The maximum absolute atomic E-state index is 13.4. The fourth-order valence-corrected chi connectivity index (χ4v) is 6.17. The molecular formula is C33H33N5O5. The van der Waals surface area contributed by atoms with E-state index in [2.05, 4.69) is 20.3 Å². The molecule has 0 aliphatic carbocycles. The second-order valence-corrected chi connectivity index (χ2v) is 11.0. The van der Waals surface area contributed by atoms with Gasteiger partial charge in [0.05, 0.1) is 24.5 Å². The van der Waals surface area contributed by atoms with Crippen molar-refractivity contribution in [1.29, 1.82) is 0 Å². The van der Waals surface area contributed by atoms with Crippen LogP contribution in [0.1, 0.15) is 36.8 Å². The first-order valence-corrected chi connectivity index (χ1v) is 14.2. The summed E-state index contributed by atoms with van der Waals surface area (Å²) in [5.41, 5.74) is -0.792. The summed E-state index contributed by atoms with van der Waals surface area (Å²) in [6, 6.07) is 28.4. The lowest BCUT2D eigenvalue weighted by Crippen LogP contribution is -2.62. The van der Waals surface area contributed by atoms with Crippen LogP contribution >= 0.6 is 0 Å². The molecule has 1 amide bonds. The second-order valence-electron chi connectivity index (χ2n) is 11.0. The molecule has 1 aliphatic rings. The van der Waals surface area contributed by atoms with Crippen molar-refractivity contribution in [1.82, 2.24) is 19.5 Å². The van der Waals surface area contributed by atoms with Gasteiger partial charge in [-0.2, -0.15) is 4.98 Å². The highest BCUT2D eigenvalue weighted by atomic mass is 16.6. The average molecular weight is 580 g/mol. The summed E-state index contributed by atoms with van der Waals surface area (Å²) in [6.07, 6.45) is -1.08. The number of aliphatic hydroxyl groups excluding tert-OH is 2. The van der Waals surface area contributed by atoms with Crippen molar-refractivity contribution in [3.8, 4) is 0 Å². The van der Waals surface area contributed by atoms with Crippen molar-refractivity contribution in [3.63, 3.8) is 0 Å². The molecular weight excluding hydrogens is 546 g/mol. The summed E-state index contributed by atoms with van der Waals surface area (Å²) < 4.78 is 7.88. The minimum absolute atomic E-state index is 0.0641. The van der Waals surface area contributed by atoms with Gasteiger partial charge in [0.2, 0.25) is 11.9 Å². The Hall–Kier alpha value is -4.48. The zero-order chi connectivity index (χ0) is 30.2. The monoisotopic (exact) mass is 579 g/mol. The number of imidazole rings is 1. The number of carbonyl (C=O) groups is 1. The first-order chi connectivity index (χ1) is 20.8. The molecule has 10 heteroatoms. The molecule has 0 radical (unpaired) electrons. The van der Waals surface area contributed by atoms with Crippen LogP contribution in [0.2, 0.25) is 0 Å². The van der Waals surface area contributed by atoms with Crippen molar-refractivity contribution in [3.05, 3.63) is 120 Å². The molecule has 2 aromatic heterocycles. The zero-order valence-electron chi connectivity index (χ0n) is 23.8. The van der Waals surface area contributed by atoms with Crippen LogP contribution in [0, 0.1) is 5.92 Å². The number of amides is 1. The number of rotatable bonds is 8. The molecule has 5 aromatic rings. The average Bonchev–Trinajstić information content (AvgIpc) is 3.56. The van der Waals surface area contributed by atoms with Gasteiger partial charge in [0, 0.05) is 5.92 Å². The molecule has 6 rings (SSSR count). The zero-order valence-corrected chi connectivity index (χ0v) is 23.8. The molecule has 1 fully saturated rings. The highest BCUT2D eigenvalue weighted by Crippen LogP contribution is 2.57. The Bertz CT molecular complexity index is 1620. The first-order valence-electron chi connectivity index (χ1n) is 14.2. The Morgan fingerprint density at radius 2 is 1.49 bits per heavy atom. The van der Waals surface area contributed by atoms with E-state index in [-0.39, 0.29) is 23.4 Å². The van der Waals surface area contributed by atoms with Gasteiger partial charge in [-0.1, -0.05) is 105 Å². The third-order valence-corrected chi connectivity index (χ3v) is 8.21. The highest BCUT2D eigenvalue weighted by molar-refractivity contribution is 5.91. The number of carbonyl (C=O) groups excluding carboxylic acids is 1. The van der Waals surface area contributed by atoms with Crippen LogP contribution in [-0.4, -0.2) is 65.2 Å². The van der Waals surface area contributed by atoms with E-state index in [9.17, 15) is 20.1 Å². The van der Waals surface area contributed by atoms with E-state index < -0.39 is 36.1 Å². The number of hydrogen-bond donors (Lipinski definition) is 4. The molecule has 0 unspecified atom stereocenters. The minimum Gasteiger partial charge on any atom is -0.394 e. The number of aromatic nitrogens is 4. The number of fused-ring (bicyclic) bond motifs is 1. The Labute approximate surface area is 248 Å². The van der Waals surface area contributed by atoms with Gasteiger partial charge < -0.3 is 20.1 Å². The van der Waals surface area contributed by atoms with Gasteiger partial charge in [0.1, 0.15) is 17.7 Å². The van der Waals surface area contributed by atoms with Crippen LogP contribution in [0.5, 0.6) is 0 Å². The first kappa shape index (κ1) is 28.6. The fraction of sp³-hybridized carbons (Fsp3) is 0.273. The van der Waals surface area contributed by atoms with E-state index in [0.29, 0.717) is 22.2 Å². The SMILES string of the molecule is CC(C)C(=O)Nc1ncc2ncn([C@@H]3O[C@H](CO)[C@@H](O)[C@]3(O)C(c3ccccc3)(c3ccccc3)c3ccccc3)c2n1. The molecule has 3 aromatic carbocycles. The number of nitrogens with one attached hydrogen (secondary N) is 1. The Kier molecular flexibility index (Phi) is 7.53. The maximum atomic E-state index is 13.4. The minimum atomic E-state index is -2.13. The van der Waals surface area contributed by atoms with Crippen molar-refractivity contribution in [2.24, 2.45) is 5.92 Å². The van der Waals surface area contributed by atoms with Gasteiger partial charge in [0.25, 0.3) is 0 Å². The highest BCUT2D eigenvalue weighted by Gasteiger charge is 2.68. The molecule has 3 heterocycles. The second kappa shape index (κ2) is 11.3. The lowest BCUT2D eigenvalue weighted by Gasteiger charge is -2.50. The van der Waals surface area contributed by atoms with E-state index in [0.717, 1.165) is 0 Å².